The molecule has 0 radical (unpaired) electrons. The van der Waals surface area contributed by atoms with Crippen molar-refractivity contribution in [3.05, 3.63) is 76.1 Å². The zero-order chi connectivity index (χ0) is 21.8. The number of esters is 1. The van der Waals surface area contributed by atoms with Crippen LogP contribution in [0.1, 0.15) is 30.4 Å². The zero-order valence-corrected chi connectivity index (χ0v) is 16.6. The topological polar surface area (TPSA) is 109 Å². The van der Waals surface area contributed by atoms with Crippen LogP contribution in [0, 0.1) is 0 Å². The van der Waals surface area contributed by atoms with Crippen molar-refractivity contribution in [2.75, 3.05) is 6.54 Å². The molecule has 8 heteroatoms. The van der Waals surface area contributed by atoms with Gasteiger partial charge in [0.15, 0.2) is 0 Å². The first kappa shape index (κ1) is 20.3. The molecule has 1 aromatic heterocycles. The highest BCUT2D eigenvalue weighted by Gasteiger charge is 2.22. The number of hydrogen-bond acceptors (Lipinski definition) is 7. The van der Waals surface area contributed by atoms with E-state index in [2.05, 4.69) is 5.10 Å². The minimum Gasteiger partial charge on any atom is -0.508 e. The molecule has 0 saturated carbocycles. The molecule has 31 heavy (non-hydrogen) atoms. The molecule has 1 N–H and O–H groups in total. The lowest BCUT2D eigenvalue weighted by molar-refractivity contribution is -0.147. The van der Waals surface area contributed by atoms with Crippen molar-refractivity contribution in [2.24, 2.45) is 5.10 Å². The largest absolute Gasteiger partial charge is 0.508 e. The highest BCUT2D eigenvalue weighted by atomic mass is 16.5. The second kappa shape index (κ2) is 8.83. The van der Waals surface area contributed by atoms with Gasteiger partial charge in [0.25, 0.3) is 0 Å². The Hall–Kier alpha value is -3.94. The van der Waals surface area contributed by atoms with Crippen LogP contribution in [0.25, 0.3) is 11.0 Å². The van der Waals surface area contributed by atoms with Gasteiger partial charge in [-0.15, -0.1) is 0 Å². The zero-order valence-electron chi connectivity index (χ0n) is 16.6. The molecule has 1 aliphatic heterocycles. The average Bonchev–Trinajstić information content (AvgIpc) is 3.26. The van der Waals surface area contributed by atoms with Crippen molar-refractivity contribution >= 4 is 28.6 Å². The lowest BCUT2D eigenvalue weighted by atomic mass is 10.1. The molecule has 0 saturated heterocycles. The van der Waals surface area contributed by atoms with Gasteiger partial charge >= 0.3 is 11.6 Å². The number of phenolic OH excluding ortho intramolecular Hbond substituents is 1. The van der Waals surface area contributed by atoms with Crippen LogP contribution in [0.2, 0.25) is 0 Å². The Morgan fingerprint density at radius 2 is 1.90 bits per heavy atom. The Balaban J connectivity index is 1.32. The smallest absolute Gasteiger partial charge is 0.336 e. The molecule has 0 atom stereocenters. The van der Waals surface area contributed by atoms with Gasteiger partial charge in [0.05, 0.1) is 18.7 Å². The Morgan fingerprint density at radius 3 is 2.71 bits per heavy atom. The van der Waals surface area contributed by atoms with Crippen LogP contribution in [0.15, 0.2) is 68.9 Å². The van der Waals surface area contributed by atoms with Gasteiger partial charge in [-0.05, 0) is 17.7 Å². The van der Waals surface area contributed by atoms with E-state index in [1.54, 1.807) is 6.07 Å². The summed E-state index contributed by atoms with van der Waals surface area (Å²) in [5, 5.41) is 15.8. The summed E-state index contributed by atoms with van der Waals surface area (Å²) in [6, 6.07) is 15.2. The Bertz CT molecular complexity index is 1220. The van der Waals surface area contributed by atoms with Crippen LogP contribution in [-0.2, 0) is 20.9 Å². The molecule has 158 valence electrons. The average molecular weight is 420 g/mol. The molecule has 1 amide bonds. The van der Waals surface area contributed by atoms with Crippen LogP contribution in [-0.4, -0.2) is 34.2 Å². The van der Waals surface area contributed by atoms with E-state index in [9.17, 15) is 19.5 Å². The molecule has 0 aliphatic carbocycles. The predicted octanol–water partition coefficient (Wildman–Crippen LogP) is 2.96. The molecule has 0 bridgehead atoms. The van der Waals surface area contributed by atoms with Gasteiger partial charge in [-0.2, -0.15) is 5.10 Å². The van der Waals surface area contributed by atoms with Crippen LogP contribution < -0.4 is 5.63 Å². The standard InChI is InChI=1S/C23H20N2O6/c26-17-6-7-18-16(12-23(29)31-20(18)13-17)14-30-22(28)9-8-21(27)25-11-10-19(24-25)15-4-2-1-3-5-15/h1-7,12-13,26H,8-11,14H2. The molecule has 2 heterocycles. The van der Waals surface area contributed by atoms with Gasteiger partial charge in [0.2, 0.25) is 5.91 Å². The summed E-state index contributed by atoms with van der Waals surface area (Å²) in [6.07, 6.45) is 0.557. The third-order valence-electron chi connectivity index (χ3n) is 4.94. The fourth-order valence-corrected chi connectivity index (χ4v) is 3.38. The first-order chi connectivity index (χ1) is 15.0. The SMILES string of the molecule is O=C(CCC(=O)N1CCC(c2ccccc2)=N1)OCc1cc(=O)oc2cc(O)ccc12. The predicted molar refractivity (Wildman–Crippen MR) is 112 cm³/mol. The first-order valence-corrected chi connectivity index (χ1v) is 9.84. The van der Waals surface area contributed by atoms with E-state index in [4.69, 9.17) is 9.15 Å². The number of amides is 1. The lowest BCUT2D eigenvalue weighted by Gasteiger charge is -2.11. The number of hydrazone groups is 1. The molecule has 2 aromatic carbocycles. The highest BCUT2D eigenvalue weighted by Crippen LogP contribution is 2.22. The van der Waals surface area contributed by atoms with Gasteiger partial charge in [-0.1, -0.05) is 30.3 Å². The van der Waals surface area contributed by atoms with E-state index in [0.717, 1.165) is 11.3 Å². The van der Waals surface area contributed by atoms with Gasteiger partial charge in [0, 0.05) is 35.9 Å². The number of benzene rings is 2. The van der Waals surface area contributed by atoms with Crippen LogP contribution in [0.3, 0.4) is 0 Å². The molecular formula is C23H20N2O6. The van der Waals surface area contributed by atoms with E-state index in [0.29, 0.717) is 23.9 Å². The third kappa shape index (κ3) is 4.80. The monoisotopic (exact) mass is 420 g/mol. The summed E-state index contributed by atoms with van der Waals surface area (Å²) in [6.45, 7) is 0.344. The molecule has 0 spiro atoms. The number of carbonyl (C=O) groups is 2. The van der Waals surface area contributed by atoms with E-state index in [1.165, 1.54) is 23.2 Å². The fraction of sp³-hybridized carbons (Fsp3) is 0.217. The van der Waals surface area contributed by atoms with Crippen LogP contribution in [0.5, 0.6) is 5.75 Å². The molecule has 0 fully saturated rings. The quantitative estimate of drug-likeness (QED) is 0.485. The molecule has 1 aliphatic rings. The van der Waals surface area contributed by atoms with E-state index >= 15 is 0 Å². The summed E-state index contributed by atoms with van der Waals surface area (Å²) in [4.78, 5) is 36.2. The normalized spacial score (nSPS) is 13.3. The summed E-state index contributed by atoms with van der Waals surface area (Å²) in [5.41, 5.74) is 1.88. The van der Waals surface area contributed by atoms with Crippen molar-refractivity contribution < 1.29 is 23.8 Å². The highest BCUT2D eigenvalue weighted by molar-refractivity contribution is 6.02. The van der Waals surface area contributed by atoms with Crippen molar-refractivity contribution in [1.82, 2.24) is 5.01 Å². The van der Waals surface area contributed by atoms with Gasteiger partial charge in [-0.3, -0.25) is 9.59 Å². The number of ether oxygens (including phenoxy) is 1. The van der Waals surface area contributed by atoms with Crippen LogP contribution in [0.4, 0.5) is 0 Å². The maximum absolute atomic E-state index is 12.4. The molecule has 8 nitrogen and oxygen atoms in total. The van der Waals surface area contributed by atoms with E-state index in [-0.39, 0.29) is 36.7 Å². The molecule has 3 aromatic rings. The molecule has 4 rings (SSSR count). The maximum Gasteiger partial charge on any atom is 0.336 e. The van der Waals surface area contributed by atoms with Crippen LogP contribution >= 0.6 is 0 Å². The first-order valence-electron chi connectivity index (χ1n) is 9.84. The summed E-state index contributed by atoms with van der Waals surface area (Å²) < 4.78 is 10.3. The van der Waals surface area contributed by atoms with Crippen molar-refractivity contribution in [1.29, 1.82) is 0 Å². The van der Waals surface area contributed by atoms with E-state index in [1.807, 2.05) is 30.3 Å². The maximum atomic E-state index is 12.4. The minimum absolute atomic E-state index is 0.0179. The van der Waals surface area contributed by atoms with E-state index < -0.39 is 11.6 Å². The Morgan fingerprint density at radius 1 is 1.10 bits per heavy atom. The van der Waals surface area contributed by atoms with Crippen molar-refractivity contribution in [3.8, 4) is 5.75 Å². The van der Waals surface area contributed by atoms with Crippen molar-refractivity contribution in [2.45, 2.75) is 25.9 Å². The third-order valence-corrected chi connectivity index (χ3v) is 4.94. The van der Waals surface area contributed by atoms with Gasteiger partial charge < -0.3 is 14.3 Å². The number of carbonyl (C=O) groups excluding carboxylic acids is 2. The number of rotatable bonds is 6. The number of hydrogen-bond donors (Lipinski definition) is 1. The van der Waals surface area contributed by atoms with Crippen molar-refractivity contribution in [3.63, 3.8) is 0 Å². The second-order valence-corrected chi connectivity index (χ2v) is 7.11. The molecule has 0 unspecified atom stereocenters. The second-order valence-electron chi connectivity index (χ2n) is 7.11. The molecular weight excluding hydrogens is 400 g/mol. The Labute approximate surface area is 177 Å². The number of nitrogens with zero attached hydrogens (tertiary/aromatic N) is 2. The summed E-state index contributed by atoms with van der Waals surface area (Å²) in [7, 11) is 0. The minimum atomic E-state index is -0.611. The fourth-order valence-electron chi connectivity index (χ4n) is 3.38. The number of fused-ring (bicyclic) bond motifs is 1. The van der Waals surface area contributed by atoms with Gasteiger partial charge in [-0.25, -0.2) is 9.80 Å². The summed E-state index contributed by atoms with van der Waals surface area (Å²) >= 11 is 0. The number of phenols is 1. The number of aromatic hydroxyl groups is 1. The Kier molecular flexibility index (Phi) is 5.79. The lowest BCUT2D eigenvalue weighted by Crippen LogP contribution is -2.24. The summed E-state index contributed by atoms with van der Waals surface area (Å²) in [5.74, 6) is -0.840. The van der Waals surface area contributed by atoms with Gasteiger partial charge in [0.1, 0.15) is 17.9 Å².